The van der Waals surface area contributed by atoms with Crippen LogP contribution in [0.5, 0.6) is 5.75 Å². The predicted molar refractivity (Wildman–Crippen MR) is 163 cm³/mol. The van der Waals surface area contributed by atoms with Gasteiger partial charge in [0.05, 0.1) is 11.5 Å². The summed E-state index contributed by atoms with van der Waals surface area (Å²) in [6, 6.07) is 7.37. The van der Waals surface area contributed by atoms with Crippen LogP contribution in [0.25, 0.3) is 0 Å². The van der Waals surface area contributed by atoms with Crippen molar-refractivity contribution in [3.8, 4) is 5.75 Å². The number of carboxylic acids is 1. The fourth-order valence-corrected chi connectivity index (χ4v) is 7.67. The van der Waals surface area contributed by atoms with E-state index in [0.717, 1.165) is 25.0 Å². The van der Waals surface area contributed by atoms with Gasteiger partial charge in [0.1, 0.15) is 5.75 Å². The number of sulfonamides is 1. The Morgan fingerprint density at radius 2 is 1.47 bits per heavy atom. The number of amides is 1. The molecule has 47 heavy (non-hydrogen) atoms. The van der Waals surface area contributed by atoms with Gasteiger partial charge in [0.15, 0.2) is 6.04 Å². The molecule has 2 aliphatic heterocycles. The Morgan fingerprint density at radius 1 is 0.936 bits per heavy atom. The minimum absolute atomic E-state index is 0.118. The first-order valence-electron chi connectivity index (χ1n) is 15.3. The predicted octanol–water partition coefficient (Wildman–Crippen LogP) is 5.85. The Kier molecular flexibility index (Phi) is 11.8. The monoisotopic (exact) mass is 709 g/mol. The zero-order chi connectivity index (χ0) is 34.6. The number of carboxylic acid groups (broad SMARTS) is 1. The molecule has 2 bridgehead atoms. The maximum absolute atomic E-state index is 16.0. The van der Waals surface area contributed by atoms with Crippen LogP contribution < -0.4 is 15.2 Å². The van der Waals surface area contributed by atoms with Crippen LogP contribution in [0.2, 0.25) is 5.02 Å². The van der Waals surface area contributed by atoms with Crippen LogP contribution in [0.4, 0.5) is 22.0 Å². The van der Waals surface area contributed by atoms with Crippen molar-refractivity contribution in [3.05, 3.63) is 59.1 Å². The number of hydrogen-bond acceptors (Lipinski definition) is 6. The van der Waals surface area contributed by atoms with E-state index in [4.69, 9.17) is 32.0 Å². The third kappa shape index (κ3) is 9.33. The van der Waals surface area contributed by atoms with E-state index < -0.39 is 45.6 Å². The highest BCUT2D eigenvalue weighted by molar-refractivity contribution is 7.89. The zero-order valence-corrected chi connectivity index (χ0v) is 26.8. The first-order chi connectivity index (χ1) is 22.0. The van der Waals surface area contributed by atoms with Crippen LogP contribution in [0, 0.1) is 5.92 Å². The number of ether oxygens (including phenoxy) is 1. The van der Waals surface area contributed by atoms with Crippen LogP contribution in [0.1, 0.15) is 63.4 Å². The van der Waals surface area contributed by atoms with Crippen molar-refractivity contribution in [2.45, 2.75) is 98.9 Å². The van der Waals surface area contributed by atoms with Crippen molar-refractivity contribution in [3.63, 3.8) is 0 Å². The molecule has 260 valence electrons. The van der Waals surface area contributed by atoms with Crippen LogP contribution in [-0.2, 0) is 25.5 Å². The Bertz CT molecular complexity index is 1470. The van der Waals surface area contributed by atoms with E-state index in [1.54, 1.807) is 0 Å². The normalized spacial score (nSPS) is 22.6. The summed E-state index contributed by atoms with van der Waals surface area (Å²) < 4.78 is 98.6. The van der Waals surface area contributed by atoms with Crippen molar-refractivity contribution >= 4 is 33.5 Å². The van der Waals surface area contributed by atoms with Gasteiger partial charge in [-0.2, -0.15) is 26.7 Å². The highest BCUT2D eigenvalue weighted by Gasteiger charge is 2.53. The number of alkyl halides is 5. The van der Waals surface area contributed by atoms with E-state index in [-0.39, 0.29) is 28.0 Å². The van der Waals surface area contributed by atoms with Gasteiger partial charge in [-0.25, -0.2) is 13.2 Å². The van der Waals surface area contributed by atoms with Crippen molar-refractivity contribution in [2.75, 3.05) is 6.61 Å². The number of rotatable bonds is 9. The van der Waals surface area contributed by atoms with E-state index in [1.807, 2.05) is 0 Å². The lowest BCUT2D eigenvalue weighted by atomic mass is 9.90. The average molecular weight is 710 g/mol. The molecule has 2 saturated heterocycles. The average Bonchev–Trinajstić information content (AvgIpc) is 3.29. The van der Waals surface area contributed by atoms with Gasteiger partial charge in [-0.1, -0.05) is 43.0 Å². The number of nitrogens with two attached hydrogens (primary N) is 1. The lowest BCUT2D eigenvalue weighted by molar-refractivity contribution is -0.192. The molecule has 1 saturated carbocycles. The number of nitrogens with zero attached hydrogens (tertiary/aromatic N) is 1. The molecule has 0 spiro atoms. The van der Waals surface area contributed by atoms with Gasteiger partial charge in [-0.3, -0.25) is 4.79 Å². The van der Waals surface area contributed by atoms with Crippen LogP contribution in [-0.4, -0.2) is 67.3 Å². The van der Waals surface area contributed by atoms with Crippen molar-refractivity contribution in [2.24, 2.45) is 11.7 Å². The number of fused-ring (bicyclic) bond motifs is 2. The van der Waals surface area contributed by atoms with Crippen LogP contribution >= 0.6 is 11.6 Å². The fraction of sp³-hybridized carbons (Fsp3) is 0.548. The second-order valence-corrected chi connectivity index (χ2v) is 14.3. The number of halogens is 6. The van der Waals surface area contributed by atoms with Gasteiger partial charge in [0, 0.05) is 28.7 Å². The van der Waals surface area contributed by atoms with E-state index in [0.29, 0.717) is 44.0 Å². The third-order valence-electron chi connectivity index (χ3n) is 8.72. The molecular formula is C31H37ClF5N3O6S. The highest BCUT2D eigenvalue weighted by atomic mass is 35.5. The van der Waals surface area contributed by atoms with Crippen molar-refractivity contribution < 1.29 is 49.8 Å². The summed E-state index contributed by atoms with van der Waals surface area (Å²) in [6.45, 7) is 0.552. The maximum Gasteiger partial charge on any atom is 0.490 e. The Balaban J connectivity index is 0.000000644. The summed E-state index contributed by atoms with van der Waals surface area (Å²) in [6.07, 6.45) is 3.04. The SMILES string of the molecule is NC1CC2CCC(C1)N2C(=O)[C@@H](NS(=O)(=O)c1ccc(OCC2CCCCC2)cc1)C(F)(F)c1ccc(Cl)cc1.O=C(O)C(F)(F)F. The van der Waals surface area contributed by atoms with E-state index in [1.165, 1.54) is 60.6 Å². The minimum Gasteiger partial charge on any atom is -0.493 e. The molecule has 3 fully saturated rings. The summed E-state index contributed by atoms with van der Waals surface area (Å²) >= 11 is 5.90. The van der Waals surface area contributed by atoms with Crippen LogP contribution in [0.15, 0.2) is 53.4 Å². The number of benzene rings is 2. The first-order valence-corrected chi connectivity index (χ1v) is 17.1. The highest BCUT2D eigenvalue weighted by Crippen LogP contribution is 2.40. The molecule has 2 unspecified atom stereocenters. The van der Waals surface area contributed by atoms with Gasteiger partial charge in [-0.05, 0) is 80.8 Å². The van der Waals surface area contributed by atoms with Crippen molar-refractivity contribution in [1.82, 2.24) is 9.62 Å². The van der Waals surface area contributed by atoms with Crippen molar-refractivity contribution in [1.29, 1.82) is 0 Å². The molecule has 5 rings (SSSR count). The lowest BCUT2D eigenvalue weighted by Crippen LogP contribution is -2.60. The molecule has 9 nitrogen and oxygen atoms in total. The lowest BCUT2D eigenvalue weighted by Gasteiger charge is -2.41. The minimum atomic E-state index is -5.08. The number of carbonyl (C=O) groups is 2. The van der Waals surface area contributed by atoms with Gasteiger partial charge < -0.3 is 20.5 Å². The summed E-state index contributed by atoms with van der Waals surface area (Å²) in [7, 11) is -4.50. The summed E-state index contributed by atoms with van der Waals surface area (Å²) in [5, 5.41) is 7.37. The molecule has 3 atom stereocenters. The fourth-order valence-electron chi connectivity index (χ4n) is 6.35. The number of piperidine rings is 1. The molecule has 0 radical (unpaired) electrons. The molecule has 4 N–H and O–H groups in total. The quantitative estimate of drug-likeness (QED) is 0.278. The van der Waals surface area contributed by atoms with Gasteiger partial charge in [0.25, 0.3) is 5.92 Å². The van der Waals surface area contributed by atoms with Gasteiger partial charge in [-0.15, -0.1) is 0 Å². The smallest absolute Gasteiger partial charge is 0.490 e. The number of nitrogens with one attached hydrogen (secondary N) is 1. The molecular weight excluding hydrogens is 673 g/mol. The molecule has 1 amide bonds. The molecule has 16 heteroatoms. The van der Waals surface area contributed by atoms with E-state index in [9.17, 15) is 26.4 Å². The van der Waals surface area contributed by atoms with Gasteiger partial charge >= 0.3 is 12.1 Å². The Hall–Kier alpha value is -3.01. The molecule has 1 aliphatic carbocycles. The van der Waals surface area contributed by atoms with E-state index in [2.05, 4.69) is 4.72 Å². The topological polar surface area (TPSA) is 139 Å². The molecule has 2 heterocycles. The second-order valence-electron chi connectivity index (χ2n) is 12.1. The largest absolute Gasteiger partial charge is 0.493 e. The zero-order valence-electron chi connectivity index (χ0n) is 25.3. The Morgan fingerprint density at radius 3 is 1.98 bits per heavy atom. The van der Waals surface area contributed by atoms with Gasteiger partial charge in [0.2, 0.25) is 15.9 Å². The molecule has 2 aromatic rings. The first kappa shape index (κ1) is 36.8. The number of aliphatic carboxylic acids is 1. The summed E-state index contributed by atoms with van der Waals surface area (Å²) in [4.78, 5) is 23.9. The summed E-state index contributed by atoms with van der Waals surface area (Å²) in [5.74, 6) is -6.58. The molecule has 3 aliphatic rings. The Labute approximate surface area is 274 Å². The number of carbonyl (C=O) groups excluding carboxylic acids is 1. The summed E-state index contributed by atoms with van der Waals surface area (Å²) in [5.41, 5.74) is 5.61. The second kappa shape index (κ2) is 15.0. The van der Waals surface area contributed by atoms with E-state index >= 15 is 8.78 Å². The number of hydrogen-bond donors (Lipinski definition) is 3. The molecule has 0 aromatic heterocycles. The molecule has 2 aromatic carbocycles. The maximum atomic E-state index is 16.0. The third-order valence-corrected chi connectivity index (χ3v) is 10.4. The standard InChI is InChI=1S/C29H36ClF2N3O4S.C2HF3O2/c30-21-8-6-20(7-9-21)29(31,32)27(28(36)35-23-10-11-24(35)17-22(33)16-23)34-40(37,38)26-14-12-25(13-15-26)39-18-19-4-2-1-3-5-19;3-2(4,5)1(6)7/h6-9,12-15,19,22-24,27,34H,1-5,10-11,16-18,33H2;(H,6,7)/t22?,23?,24?,27-;/m1./s1. The van der Waals surface area contributed by atoms with Crippen LogP contribution in [0.3, 0.4) is 0 Å².